The van der Waals surface area contributed by atoms with Crippen LogP contribution in [0.2, 0.25) is 0 Å². The Bertz CT molecular complexity index is 1010. The molecule has 7 nitrogen and oxygen atoms in total. The quantitative estimate of drug-likeness (QED) is 0.715. The van der Waals surface area contributed by atoms with Gasteiger partial charge in [0.15, 0.2) is 5.82 Å². The molecule has 142 valence electrons. The van der Waals surface area contributed by atoms with Gasteiger partial charge in [-0.05, 0) is 26.0 Å². The molecule has 2 N–H and O–H groups in total. The van der Waals surface area contributed by atoms with Gasteiger partial charge in [-0.3, -0.25) is 4.79 Å². The van der Waals surface area contributed by atoms with Gasteiger partial charge in [-0.1, -0.05) is 0 Å². The Morgan fingerprint density at radius 3 is 2.70 bits per heavy atom. The Morgan fingerprint density at radius 2 is 2.07 bits per heavy atom. The van der Waals surface area contributed by atoms with Crippen LogP contribution in [0.3, 0.4) is 0 Å². The number of anilines is 1. The molecule has 3 aromatic heterocycles. The standard InChI is InChI=1S/C18H19F2N5O2/c1-4-25-8-12(13-5-10(2)22-17(23-13)18(3,19)20)11-6-15(21-7-14(11)25)24-16(27)9-26/h5-8,26H,4,9H2,1-3H3,(H,21,24,27). The number of pyridine rings is 1. The summed E-state index contributed by atoms with van der Waals surface area (Å²) in [4.78, 5) is 23.5. The van der Waals surface area contributed by atoms with E-state index in [2.05, 4.69) is 20.3 Å². The van der Waals surface area contributed by atoms with Gasteiger partial charge in [0, 0.05) is 36.3 Å². The lowest BCUT2D eigenvalue weighted by molar-refractivity contribution is -0.118. The van der Waals surface area contributed by atoms with Gasteiger partial charge in [0.25, 0.3) is 5.91 Å². The number of amides is 1. The van der Waals surface area contributed by atoms with Gasteiger partial charge in [-0.2, -0.15) is 8.78 Å². The van der Waals surface area contributed by atoms with Gasteiger partial charge in [0.2, 0.25) is 0 Å². The van der Waals surface area contributed by atoms with E-state index in [1.54, 1.807) is 25.3 Å². The number of nitrogens with one attached hydrogen (secondary N) is 1. The highest BCUT2D eigenvalue weighted by Crippen LogP contribution is 2.33. The molecule has 0 aliphatic carbocycles. The van der Waals surface area contributed by atoms with Gasteiger partial charge < -0.3 is 15.0 Å². The Hall–Kier alpha value is -2.94. The third kappa shape index (κ3) is 3.77. The maximum atomic E-state index is 13.8. The Labute approximate surface area is 154 Å². The minimum atomic E-state index is -3.16. The van der Waals surface area contributed by atoms with E-state index in [1.165, 1.54) is 0 Å². The minimum Gasteiger partial charge on any atom is -0.387 e. The van der Waals surface area contributed by atoms with Crippen LogP contribution < -0.4 is 5.32 Å². The molecule has 0 unspecified atom stereocenters. The van der Waals surface area contributed by atoms with Crippen LogP contribution >= 0.6 is 0 Å². The second-order valence-corrected chi connectivity index (χ2v) is 6.23. The highest BCUT2D eigenvalue weighted by molar-refractivity contribution is 5.98. The van der Waals surface area contributed by atoms with E-state index in [-0.39, 0.29) is 5.82 Å². The summed E-state index contributed by atoms with van der Waals surface area (Å²) in [7, 11) is 0. The number of aliphatic hydroxyl groups excluding tert-OH is 1. The molecule has 0 spiro atoms. The van der Waals surface area contributed by atoms with E-state index in [4.69, 9.17) is 5.11 Å². The molecule has 9 heteroatoms. The summed E-state index contributed by atoms with van der Waals surface area (Å²) < 4.78 is 29.4. The van der Waals surface area contributed by atoms with Crippen LogP contribution in [-0.4, -0.2) is 37.1 Å². The van der Waals surface area contributed by atoms with Crippen LogP contribution in [0, 0.1) is 6.92 Å². The summed E-state index contributed by atoms with van der Waals surface area (Å²) in [5.74, 6) is -4.04. The highest BCUT2D eigenvalue weighted by atomic mass is 19.3. The van der Waals surface area contributed by atoms with Crippen LogP contribution in [0.15, 0.2) is 24.5 Å². The van der Waals surface area contributed by atoms with Gasteiger partial charge in [0.1, 0.15) is 12.4 Å². The van der Waals surface area contributed by atoms with Crippen LogP contribution in [0.4, 0.5) is 14.6 Å². The topological polar surface area (TPSA) is 92.9 Å². The molecule has 0 radical (unpaired) electrons. The fraction of sp³-hybridized carbons (Fsp3) is 0.333. The molecule has 0 aromatic carbocycles. The number of aryl methyl sites for hydroxylation is 2. The molecular formula is C18H19F2N5O2. The molecule has 3 heterocycles. The van der Waals surface area contributed by atoms with Crippen LogP contribution in [0.1, 0.15) is 25.4 Å². The average molecular weight is 375 g/mol. The number of carbonyl (C=O) groups excluding carboxylic acids is 1. The zero-order chi connectivity index (χ0) is 19.8. The van der Waals surface area contributed by atoms with Gasteiger partial charge in [0.05, 0.1) is 17.4 Å². The van der Waals surface area contributed by atoms with Crippen molar-refractivity contribution >= 4 is 22.6 Å². The average Bonchev–Trinajstić information content (AvgIpc) is 2.98. The SMILES string of the molecule is CCn1cc(-c2cc(C)nc(C(C)(F)F)n2)c2cc(NC(=O)CO)ncc21. The second-order valence-electron chi connectivity index (χ2n) is 6.23. The van der Waals surface area contributed by atoms with E-state index in [9.17, 15) is 13.6 Å². The number of aliphatic hydroxyl groups is 1. The predicted octanol–water partition coefficient (Wildman–Crippen LogP) is 2.86. The first-order valence-electron chi connectivity index (χ1n) is 8.37. The van der Waals surface area contributed by atoms with Crippen molar-refractivity contribution < 1.29 is 18.7 Å². The maximum absolute atomic E-state index is 13.8. The molecular weight excluding hydrogens is 356 g/mol. The number of alkyl halides is 2. The number of nitrogens with zero attached hydrogens (tertiary/aromatic N) is 4. The maximum Gasteiger partial charge on any atom is 0.303 e. The van der Waals surface area contributed by atoms with Crippen LogP contribution in [0.25, 0.3) is 22.2 Å². The Morgan fingerprint density at radius 1 is 1.33 bits per heavy atom. The van der Waals surface area contributed by atoms with Crippen molar-refractivity contribution in [3.8, 4) is 11.3 Å². The Balaban J connectivity index is 2.20. The summed E-state index contributed by atoms with van der Waals surface area (Å²) in [6, 6.07) is 3.27. The van der Waals surface area contributed by atoms with E-state index < -0.39 is 24.3 Å². The van der Waals surface area contributed by atoms with Gasteiger partial charge in [-0.15, -0.1) is 0 Å². The molecule has 3 rings (SSSR count). The zero-order valence-corrected chi connectivity index (χ0v) is 15.1. The molecule has 27 heavy (non-hydrogen) atoms. The smallest absolute Gasteiger partial charge is 0.303 e. The van der Waals surface area contributed by atoms with Crippen molar-refractivity contribution in [3.63, 3.8) is 0 Å². The van der Waals surface area contributed by atoms with Gasteiger partial charge >= 0.3 is 5.92 Å². The number of rotatable bonds is 5. The molecule has 0 aliphatic heterocycles. The van der Waals surface area contributed by atoms with Crippen LogP contribution in [-0.2, 0) is 17.3 Å². The lowest BCUT2D eigenvalue weighted by atomic mass is 10.1. The predicted molar refractivity (Wildman–Crippen MR) is 96.5 cm³/mol. The first-order chi connectivity index (χ1) is 12.7. The molecule has 1 amide bonds. The van der Waals surface area contributed by atoms with Crippen molar-refractivity contribution in [3.05, 3.63) is 36.0 Å². The number of hydrogen-bond donors (Lipinski definition) is 2. The number of carbonyl (C=O) groups is 1. The monoisotopic (exact) mass is 375 g/mol. The molecule has 0 saturated carbocycles. The van der Waals surface area contributed by atoms with E-state index in [0.29, 0.717) is 28.9 Å². The summed E-state index contributed by atoms with van der Waals surface area (Å²) in [6.07, 6.45) is 3.39. The first kappa shape index (κ1) is 18.8. The largest absolute Gasteiger partial charge is 0.387 e. The fourth-order valence-corrected chi connectivity index (χ4v) is 2.81. The molecule has 0 saturated heterocycles. The van der Waals surface area contributed by atoms with Crippen LogP contribution in [0.5, 0.6) is 0 Å². The number of hydrogen-bond acceptors (Lipinski definition) is 5. The van der Waals surface area contributed by atoms with Crippen molar-refractivity contribution in [1.29, 1.82) is 0 Å². The fourth-order valence-electron chi connectivity index (χ4n) is 2.81. The molecule has 0 atom stereocenters. The zero-order valence-electron chi connectivity index (χ0n) is 15.1. The lowest BCUT2D eigenvalue weighted by Crippen LogP contribution is -2.16. The van der Waals surface area contributed by atoms with E-state index >= 15 is 0 Å². The third-order valence-electron chi connectivity index (χ3n) is 4.04. The second kappa shape index (κ2) is 6.99. The van der Waals surface area contributed by atoms with Crippen molar-refractivity contribution in [2.24, 2.45) is 0 Å². The lowest BCUT2D eigenvalue weighted by Gasteiger charge is -2.11. The van der Waals surface area contributed by atoms with Crippen molar-refractivity contribution in [2.75, 3.05) is 11.9 Å². The van der Waals surface area contributed by atoms with Gasteiger partial charge in [-0.25, -0.2) is 15.0 Å². The molecule has 0 aliphatic rings. The minimum absolute atomic E-state index is 0.253. The highest BCUT2D eigenvalue weighted by Gasteiger charge is 2.29. The number of fused-ring (bicyclic) bond motifs is 1. The normalized spacial score (nSPS) is 11.8. The first-order valence-corrected chi connectivity index (χ1v) is 8.37. The summed E-state index contributed by atoms with van der Waals surface area (Å²) in [6.45, 7) is 4.31. The Kier molecular flexibility index (Phi) is 4.88. The summed E-state index contributed by atoms with van der Waals surface area (Å²) in [5, 5.41) is 12.1. The number of aromatic nitrogens is 4. The molecule has 0 bridgehead atoms. The summed E-state index contributed by atoms with van der Waals surface area (Å²) in [5.41, 5.74) is 2.19. The van der Waals surface area contributed by atoms with E-state index in [1.807, 2.05) is 17.7 Å². The summed E-state index contributed by atoms with van der Waals surface area (Å²) >= 11 is 0. The molecule has 3 aromatic rings. The van der Waals surface area contributed by atoms with Crippen molar-refractivity contribution in [2.45, 2.75) is 33.2 Å². The van der Waals surface area contributed by atoms with E-state index in [0.717, 1.165) is 12.4 Å². The third-order valence-corrected chi connectivity index (χ3v) is 4.04. The number of halogens is 2. The molecule has 0 fully saturated rings. The van der Waals surface area contributed by atoms with Crippen molar-refractivity contribution in [1.82, 2.24) is 19.5 Å².